The lowest BCUT2D eigenvalue weighted by atomic mass is 10.2. The Morgan fingerprint density at radius 3 is 1.31 bits per heavy atom. The highest BCUT2D eigenvalue weighted by molar-refractivity contribution is 5.90. The molecule has 0 bridgehead atoms. The van der Waals surface area contributed by atoms with Crippen molar-refractivity contribution in [3.05, 3.63) is 59.7 Å². The normalized spacial score (nSPS) is 10.3. The number of esters is 2. The van der Waals surface area contributed by atoms with E-state index in [0.717, 1.165) is 25.7 Å². The summed E-state index contributed by atoms with van der Waals surface area (Å²) >= 11 is 0. The molecule has 0 spiro atoms. The number of carbonyl (C=O) groups is 2. The fourth-order valence-corrected chi connectivity index (χ4v) is 2.29. The molecule has 0 heterocycles. The van der Waals surface area contributed by atoms with Gasteiger partial charge in [-0.05, 0) is 74.2 Å². The third kappa shape index (κ3) is 6.47. The summed E-state index contributed by atoms with van der Waals surface area (Å²) in [7, 11) is 0. The summed E-state index contributed by atoms with van der Waals surface area (Å²) in [5, 5.41) is 0. The van der Waals surface area contributed by atoms with Crippen molar-refractivity contribution in [1.29, 1.82) is 0 Å². The van der Waals surface area contributed by atoms with Crippen LogP contribution in [0.5, 0.6) is 0 Å². The maximum absolute atomic E-state index is 11.8. The van der Waals surface area contributed by atoms with Gasteiger partial charge in [-0.1, -0.05) is 0 Å². The average molecular weight is 356 g/mol. The molecule has 6 nitrogen and oxygen atoms in total. The summed E-state index contributed by atoms with van der Waals surface area (Å²) < 4.78 is 10.4. The van der Waals surface area contributed by atoms with Crippen LogP contribution in [0.15, 0.2) is 48.5 Å². The molecular formula is C20H24N2O4. The molecular weight excluding hydrogens is 332 g/mol. The van der Waals surface area contributed by atoms with Crippen LogP contribution in [0.3, 0.4) is 0 Å². The standard InChI is InChI=1S/C20H24N2O4/c21-17-9-5-15(6-10-17)19(23)25-13-3-1-2-4-14-26-20(24)16-7-11-18(22)12-8-16/h5-12H,1-4,13-14,21-22H2. The highest BCUT2D eigenvalue weighted by Crippen LogP contribution is 2.09. The first-order valence-corrected chi connectivity index (χ1v) is 8.61. The number of nitrogens with two attached hydrogens (primary N) is 2. The molecule has 0 unspecified atom stereocenters. The van der Waals surface area contributed by atoms with E-state index in [-0.39, 0.29) is 11.9 Å². The topological polar surface area (TPSA) is 105 Å². The number of anilines is 2. The number of rotatable bonds is 9. The second kappa shape index (κ2) is 10.1. The minimum Gasteiger partial charge on any atom is -0.462 e. The van der Waals surface area contributed by atoms with E-state index < -0.39 is 0 Å². The summed E-state index contributed by atoms with van der Waals surface area (Å²) in [6.07, 6.45) is 3.34. The van der Waals surface area contributed by atoms with E-state index in [4.69, 9.17) is 20.9 Å². The number of unbranched alkanes of at least 4 members (excludes halogenated alkanes) is 3. The maximum Gasteiger partial charge on any atom is 0.338 e. The Labute approximate surface area is 153 Å². The summed E-state index contributed by atoms with van der Waals surface area (Å²) in [5.74, 6) is -0.690. The van der Waals surface area contributed by atoms with Crippen molar-refractivity contribution in [2.75, 3.05) is 24.7 Å². The van der Waals surface area contributed by atoms with E-state index >= 15 is 0 Å². The molecule has 6 heteroatoms. The quantitative estimate of drug-likeness (QED) is 0.405. The van der Waals surface area contributed by atoms with Crippen molar-refractivity contribution in [2.45, 2.75) is 25.7 Å². The van der Waals surface area contributed by atoms with Crippen LogP contribution < -0.4 is 11.5 Å². The molecule has 0 aliphatic heterocycles. The van der Waals surface area contributed by atoms with E-state index in [2.05, 4.69) is 0 Å². The Balaban J connectivity index is 1.51. The van der Waals surface area contributed by atoms with Crippen molar-refractivity contribution >= 4 is 23.3 Å². The van der Waals surface area contributed by atoms with Crippen LogP contribution in [-0.4, -0.2) is 25.2 Å². The van der Waals surface area contributed by atoms with E-state index in [1.807, 2.05) is 0 Å². The van der Waals surface area contributed by atoms with Crippen LogP contribution in [0, 0.1) is 0 Å². The van der Waals surface area contributed by atoms with E-state index in [9.17, 15) is 9.59 Å². The van der Waals surface area contributed by atoms with Crippen molar-refractivity contribution < 1.29 is 19.1 Å². The largest absolute Gasteiger partial charge is 0.462 e. The molecule has 4 N–H and O–H groups in total. The molecule has 0 aliphatic carbocycles. The Bertz CT molecular complexity index is 648. The number of hydrogen-bond acceptors (Lipinski definition) is 6. The molecule has 2 aromatic carbocycles. The van der Waals surface area contributed by atoms with Gasteiger partial charge >= 0.3 is 11.9 Å². The van der Waals surface area contributed by atoms with Crippen LogP contribution in [0.2, 0.25) is 0 Å². The monoisotopic (exact) mass is 356 g/mol. The van der Waals surface area contributed by atoms with Crippen molar-refractivity contribution in [2.24, 2.45) is 0 Å². The van der Waals surface area contributed by atoms with Gasteiger partial charge in [-0.25, -0.2) is 9.59 Å². The molecule has 0 aliphatic rings. The number of benzene rings is 2. The molecule has 138 valence electrons. The smallest absolute Gasteiger partial charge is 0.338 e. The van der Waals surface area contributed by atoms with Crippen LogP contribution in [0.4, 0.5) is 11.4 Å². The fraction of sp³-hybridized carbons (Fsp3) is 0.300. The Hall–Kier alpha value is -3.02. The Kier molecular flexibility index (Phi) is 7.49. The predicted octanol–water partition coefficient (Wildman–Crippen LogP) is 3.43. The predicted molar refractivity (Wildman–Crippen MR) is 101 cm³/mol. The first-order chi connectivity index (χ1) is 12.6. The molecule has 0 radical (unpaired) electrons. The summed E-state index contributed by atoms with van der Waals surface area (Å²) in [4.78, 5) is 23.6. The van der Waals surface area contributed by atoms with Gasteiger partial charge in [-0.2, -0.15) is 0 Å². The van der Waals surface area contributed by atoms with Crippen LogP contribution in [-0.2, 0) is 9.47 Å². The highest BCUT2D eigenvalue weighted by atomic mass is 16.5. The molecule has 0 amide bonds. The van der Waals surface area contributed by atoms with Crippen molar-refractivity contribution in [1.82, 2.24) is 0 Å². The zero-order chi connectivity index (χ0) is 18.8. The van der Waals surface area contributed by atoms with E-state index in [1.165, 1.54) is 0 Å². The number of carbonyl (C=O) groups excluding carboxylic acids is 2. The van der Waals surface area contributed by atoms with E-state index in [1.54, 1.807) is 48.5 Å². The fourth-order valence-electron chi connectivity index (χ4n) is 2.29. The number of nitrogen functional groups attached to an aromatic ring is 2. The van der Waals surface area contributed by atoms with Gasteiger partial charge in [0.2, 0.25) is 0 Å². The second-order valence-electron chi connectivity index (χ2n) is 5.93. The molecule has 2 rings (SSSR count). The van der Waals surface area contributed by atoms with Gasteiger partial charge in [0.05, 0.1) is 24.3 Å². The molecule has 26 heavy (non-hydrogen) atoms. The van der Waals surface area contributed by atoms with Crippen molar-refractivity contribution in [3.63, 3.8) is 0 Å². The van der Waals surface area contributed by atoms with Gasteiger partial charge in [0.15, 0.2) is 0 Å². The molecule has 0 saturated heterocycles. The lowest BCUT2D eigenvalue weighted by Gasteiger charge is -2.06. The Morgan fingerprint density at radius 1 is 0.615 bits per heavy atom. The first kappa shape index (κ1) is 19.3. The summed E-state index contributed by atoms with van der Waals surface area (Å²) in [5.41, 5.74) is 13.4. The molecule has 0 fully saturated rings. The van der Waals surface area contributed by atoms with Gasteiger partial charge in [0.1, 0.15) is 0 Å². The summed E-state index contributed by atoms with van der Waals surface area (Å²) in [6.45, 7) is 0.739. The van der Waals surface area contributed by atoms with Gasteiger partial charge in [-0.3, -0.25) is 0 Å². The minimum atomic E-state index is -0.345. The van der Waals surface area contributed by atoms with E-state index in [0.29, 0.717) is 35.7 Å². The average Bonchev–Trinajstić information content (AvgIpc) is 2.64. The third-order valence-corrected chi connectivity index (χ3v) is 3.80. The molecule has 0 aromatic heterocycles. The van der Waals surface area contributed by atoms with Crippen molar-refractivity contribution in [3.8, 4) is 0 Å². The zero-order valence-corrected chi connectivity index (χ0v) is 14.6. The lowest BCUT2D eigenvalue weighted by molar-refractivity contribution is 0.0473. The van der Waals surface area contributed by atoms with Gasteiger partial charge in [-0.15, -0.1) is 0 Å². The van der Waals surface area contributed by atoms with Crippen LogP contribution in [0.1, 0.15) is 46.4 Å². The van der Waals surface area contributed by atoms with Gasteiger partial charge < -0.3 is 20.9 Å². The lowest BCUT2D eigenvalue weighted by Crippen LogP contribution is -2.07. The molecule has 0 saturated carbocycles. The molecule has 0 atom stereocenters. The molecule has 2 aromatic rings. The van der Waals surface area contributed by atoms with Crippen LogP contribution in [0.25, 0.3) is 0 Å². The second-order valence-corrected chi connectivity index (χ2v) is 5.93. The number of hydrogen-bond donors (Lipinski definition) is 2. The minimum absolute atomic E-state index is 0.345. The highest BCUT2D eigenvalue weighted by Gasteiger charge is 2.07. The zero-order valence-electron chi connectivity index (χ0n) is 14.6. The van der Waals surface area contributed by atoms with Gasteiger partial charge in [0, 0.05) is 11.4 Å². The number of ether oxygens (including phenoxy) is 2. The SMILES string of the molecule is Nc1ccc(C(=O)OCCCCCCOC(=O)c2ccc(N)cc2)cc1. The Morgan fingerprint density at radius 2 is 0.962 bits per heavy atom. The third-order valence-electron chi connectivity index (χ3n) is 3.80. The van der Waals surface area contributed by atoms with Gasteiger partial charge in [0.25, 0.3) is 0 Å². The van der Waals surface area contributed by atoms with Crippen LogP contribution >= 0.6 is 0 Å². The first-order valence-electron chi connectivity index (χ1n) is 8.61. The summed E-state index contributed by atoms with van der Waals surface area (Å²) in [6, 6.07) is 13.3. The maximum atomic E-state index is 11.8.